The Labute approximate surface area is 185 Å². The summed E-state index contributed by atoms with van der Waals surface area (Å²) in [6.45, 7) is 2.67. The predicted molar refractivity (Wildman–Crippen MR) is 124 cm³/mol. The second kappa shape index (κ2) is 8.16. The molecule has 0 radical (unpaired) electrons. The highest BCUT2D eigenvalue weighted by molar-refractivity contribution is 6.04. The average Bonchev–Trinajstić information content (AvgIpc) is 3.26. The van der Waals surface area contributed by atoms with E-state index in [0.29, 0.717) is 35.4 Å². The summed E-state index contributed by atoms with van der Waals surface area (Å²) in [6, 6.07) is 12.4. The van der Waals surface area contributed by atoms with Crippen LogP contribution in [0.4, 0.5) is 11.5 Å². The monoisotopic (exact) mass is 422 g/mol. The number of hydrogen-bond donors (Lipinski definition) is 2. The first kappa shape index (κ1) is 19.8. The number of allylic oxidation sites excluding steroid dienone is 4. The van der Waals surface area contributed by atoms with Crippen LogP contribution >= 0.6 is 0 Å². The first-order chi connectivity index (χ1) is 15.7. The van der Waals surface area contributed by atoms with Crippen molar-refractivity contribution in [3.05, 3.63) is 83.5 Å². The van der Waals surface area contributed by atoms with Crippen molar-refractivity contribution in [2.24, 2.45) is 0 Å². The summed E-state index contributed by atoms with van der Waals surface area (Å²) < 4.78 is 0. The normalized spacial score (nSPS) is 17.9. The molecule has 5 rings (SSSR count). The highest BCUT2D eigenvalue weighted by Gasteiger charge is 2.29. The number of anilines is 2. The van der Waals surface area contributed by atoms with Gasteiger partial charge in [-0.1, -0.05) is 30.4 Å². The maximum Gasteiger partial charge on any atom is 0.167 e. The maximum absolute atomic E-state index is 12.6. The van der Waals surface area contributed by atoms with Crippen molar-refractivity contribution >= 4 is 28.3 Å². The first-order valence-corrected chi connectivity index (χ1v) is 10.6. The summed E-state index contributed by atoms with van der Waals surface area (Å²) in [4.78, 5) is 26.4. The molecule has 1 aromatic carbocycles. The van der Waals surface area contributed by atoms with Crippen molar-refractivity contribution in [3.8, 4) is 6.07 Å². The third kappa shape index (κ3) is 3.46. The highest BCUT2D eigenvalue weighted by Crippen LogP contribution is 2.35. The molecular formula is C25H22N6O. The van der Waals surface area contributed by atoms with Crippen LogP contribution in [-0.4, -0.2) is 33.3 Å². The quantitative estimate of drug-likeness (QED) is 0.638. The Morgan fingerprint density at radius 1 is 1.25 bits per heavy atom. The van der Waals surface area contributed by atoms with E-state index in [2.05, 4.69) is 62.6 Å². The number of hydrogen-bond acceptors (Lipinski definition) is 6. The molecule has 7 nitrogen and oxygen atoms in total. The molecule has 1 atom stereocenters. The molecule has 0 unspecified atom stereocenters. The number of nitrogens with zero attached hydrogens (tertiary/aromatic N) is 4. The van der Waals surface area contributed by atoms with E-state index in [1.807, 2.05) is 24.3 Å². The molecule has 1 aliphatic heterocycles. The molecule has 1 aliphatic carbocycles. The summed E-state index contributed by atoms with van der Waals surface area (Å²) >= 11 is 0. The third-order valence-corrected chi connectivity index (χ3v) is 5.97. The van der Waals surface area contributed by atoms with Crippen molar-refractivity contribution in [1.82, 2.24) is 15.0 Å². The number of aromatic nitrogens is 3. The number of carbonyl (C=O) groups is 1. The molecule has 2 aromatic heterocycles. The van der Waals surface area contributed by atoms with Crippen LogP contribution < -0.4 is 10.2 Å². The fourth-order valence-corrected chi connectivity index (χ4v) is 4.30. The maximum atomic E-state index is 12.6. The van der Waals surface area contributed by atoms with Gasteiger partial charge in [-0.2, -0.15) is 5.26 Å². The van der Waals surface area contributed by atoms with E-state index >= 15 is 0 Å². The molecule has 2 aliphatic rings. The van der Waals surface area contributed by atoms with Crippen LogP contribution in [0.5, 0.6) is 0 Å². The zero-order valence-electron chi connectivity index (χ0n) is 17.7. The standard InChI is InChI=1S/C25H22N6O/c1-16-7-8-22(32)20-11-19(31(14-21(16)20)18-5-3-2-4-6-18)9-10-27-24-23-17(12-26)13-28-25(23)30-15-29-24/h2-7,11,13-15,19H,8-10H2,1H3,(H2,27,28,29,30)/t19-/m0/s1. The van der Waals surface area contributed by atoms with Crippen LogP contribution in [0.3, 0.4) is 0 Å². The average molecular weight is 422 g/mol. The van der Waals surface area contributed by atoms with E-state index in [4.69, 9.17) is 0 Å². The SMILES string of the molecule is CC1=CCC(=O)C2=C[C@H](CCNc3ncnc4[nH]cc(C#N)c34)N(c3ccccc3)C=C12. The number of fused-ring (bicyclic) bond motifs is 2. The summed E-state index contributed by atoms with van der Waals surface area (Å²) in [7, 11) is 0. The summed E-state index contributed by atoms with van der Waals surface area (Å²) in [5.74, 6) is 0.794. The van der Waals surface area contributed by atoms with E-state index in [0.717, 1.165) is 28.8 Å². The molecule has 0 saturated carbocycles. The minimum Gasteiger partial charge on any atom is -0.369 e. The van der Waals surface area contributed by atoms with E-state index < -0.39 is 0 Å². The lowest BCUT2D eigenvalue weighted by Gasteiger charge is -2.35. The molecule has 2 N–H and O–H groups in total. The van der Waals surface area contributed by atoms with Crippen molar-refractivity contribution in [2.45, 2.75) is 25.8 Å². The molecular weight excluding hydrogens is 400 g/mol. The molecule has 0 bridgehead atoms. The van der Waals surface area contributed by atoms with Gasteiger partial charge in [0.2, 0.25) is 0 Å². The Morgan fingerprint density at radius 2 is 2.09 bits per heavy atom. The molecule has 158 valence electrons. The van der Waals surface area contributed by atoms with Gasteiger partial charge in [0.05, 0.1) is 17.0 Å². The Bertz CT molecular complexity index is 1330. The van der Waals surface area contributed by atoms with Crippen LogP contribution in [0.25, 0.3) is 11.0 Å². The lowest BCUT2D eigenvalue weighted by atomic mass is 9.85. The Balaban J connectivity index is 1.42. The number of Topliss-reactive ketones (excluding diaryl/α,β-unsaturated/α-hetero) is 1. The van der Waals surface area contributed by atoms with Gasteiger partial charge < -0.3 is 15.2 Å². The molecule has 0 amide bonds. The molecule has 3 heterocycles. The number of rotatable bonds is 5. The van der Waals surface area contributed by atoms with Gasteiger partial charge in [0.15, 0.2) is 5.78 Å². The van der Waals surface area contributed by atoms with Gasteiger partial charge in [-0.3, -0.25) is 4.79 Å². The second-order valence-electron chi connectivity index (χ2n) is 7.92. The number of H-pyrrole nitrogens is 1. The minimum absolute atomic E-state index is 0.0116. The topological polar surface area (TPSA) is 97.7 Å². The van der Waals surface area contributed by atoms with Gasteiger partial charge in [0.1, 0.15) is 23.9 Å². The summed E-state index contributed by atoms with van der Waals surface area (Å²) in [5, 5.41) is 13.4. The first-order valence-electron chi connectivity index (χ1n) is 10.6. The Kier molecular flexibility index (Phi) is 5.04. The van der Waals surface area contributed by atoms with Crippen molar-refractivity contribution in [3.63, 3.8) is 0 Å². The minimum atomic E-state index is 0.0116. The molecule has 32 heavy (non-hydrogen) atoms. The predicted octanol–water partition coefficient (Wildman–Crippen LogP) is 4.25. The van der Waals surface area contributed by atoms with Gasteiger partial charge in [0, 0.05) is 42.2 Å². The van der Waals surface area contributed by atoms with Gasteiger partial charge in [-0.15, -0.1) is 0 Å². The Morgan fingerprint density at radius 3 is 2.91 bits per heavy atom. The second-order valence-corrected chi connectivity index (χ2v) is 7.92. The molecule has 3 aromatic rings. The zero-order chi connectivity index (χ0) is 22.1. The number of aromatic amines is 1. The number of nitriles is 1. The molecule has 0 spiro atoms. The van der Waals surface area contributed by atoms with Gasteiger partial charge >= 0.3 is 0 Å². The summed E-state index contributed by atoms with van der Waals surface area (Å²) in [5.41, 5.74) is 5.16. The van der Waals surface area contributed by atoms with Crippen LogP contribution in [-0.2, 0) is 4.79 Å². The number of benzene rings is 1. The van der Waals surface area contributed by atoms with Crippen LogP contribution in [0.2, 0.25) is 0 Å². The third-order valence-electron chi connectivity index (χ3n) is 5.97. The Hall–Kier alpha value is -4.18. The van der Waals surface area contributed by atoms with Crippen molar-refractivity contribution < 1.29 is 4.79 Å². The van der Waals surface area contributed by atoms with Crippen molar-refractivity contribution in [2.75, 3.05) is 16.8 Å². The molecule has 0 fully saturated rings. The fourth-order valence-electron chi connectivity index (χ4n) is 4.30. The number of nitrogens with one attached hydrogen (secondary N) is 2. The highest BCUT2D eigenvalue weighted by atomic mass is 16.1. The van der Waals surface area contributed by atoms with Crippen LogP contribution in [0.15, 0.2) is 77.9 Å². The smallest absolute Gasteiger partial charge is 0.167 e. The van der Waals surface area contributed by atoms with Crippen LogP contribution in [0, 0.1) is 11.3 Å². The van der Waals surface area contributed by atoms with E-state index in [1.165, 1.54) is 6.33 Å². The molecule has 7 heteroatoms. The van der Waals surface area contributed by atoms with E-state index in [1.54, 1.807) is 6.20 Å². The number of para-hydroxylation sites is 1. The summed E-state index contributed by atoms with van der Waals surface area (Å²) in [6.07, 6.45) is 10.5. The number of carbonyl (C=O) groups excluding carboxylic acids is 1. The largest absolute Gasteiger partial charge is 0.369 e. The number of ketones is 1. The van der Waals surface area contributed by atoms with Crippen LogP contribution in [0.1, 0.15) is 25.3 Å². The fraction of sp³-hybridized carbons (Fsp3) is 0.200. The van der Waals surface area contributed by atoms with Gasteiger partial charge in [0.25, 0.3) is 0 Å². The van der Waals surface area contributed by atoms with E-state index in [9.17, 15) is 10.1 Å². The van der Waals surface area contributed by atoms with Gasteiger partial charge in [-0.25, -0.2) is 9.97 Å². The van der Waals surface area contributed by atoms with Crippen molar-refractivity contribution in [1.29, 1.82) is 5.26 Å². The van der Waals surface area contributed by atoms with Gasteiger partial charge in [-0.05, 0) is 31.1 Å². The molecule has 0 saturated heterocycles. The zero-order valence-corrected chi connectivity index (χ0v) is 17.7. The lowest BCUT2D eigenvalue weighted by Crippen LogP contribution is -2.36. The van der Waals surface area contributed by atoms with E-state index in [-0.39, 0.29) is 11.8 Å². The lowest BCUT2D eigenvalue weighted by molar-refractivity contribution is -0.114.